The Morgan fingerprint density at radius 2 is 1.90 bits per heavy atom. The van der Waals surface area contributed by atoms with E-state index in [2.05, 4.69) is 35.2 Å². The lowest BCUT2D eigenvalue weighted by Crippen LogP contribution is -2.35. The molecule has 2 aromatic rings. The largest absolute Gasteiger partial charge is 0.390 e. The quantitative estimate of drug-likeness (QED) is 0.937. The third-order valence-corrected chi connectivity index (χ3v) is 3.60. The van der Waals surface area contributed by atoms with Crippen LogP contribution in [0.3, 0.4) is 0 Å². The van der Waals surface area contributed by atoms with Crippen molar-refractivity contribution in [1.82, 2.24) is 14.8 Å². The van der Waals surface area contributed by atoms with E-state index in [1.54, 1.807) is 11.0 Å². The monoisotopic (exact) mass is 285 g/mol. The summed E-state index contributed by atoms with van der Waals surface area (Å²) in [6.45, 7) is 8.11. The van der Waals surface area contributed by atoms with Gasteiger partial charge < -0.3 is 5.11 Å². The van der Waals surface area contributed by atoms with Gasteiger partial charge in [-0.15, -0.1) is 0 Å². The number of aliphatic hydroxyl groups is 1. The predicted molar refractivity (Wildman–Crippen MR) is 84.6 cm³/mol. The smallest absolute Gasteiger partial charge is 0.137 e. The van der Waals surface area contributed by atoms with Gasteiger partial charge in [0.05, 0.1) is 12.1 Å². The molecule has 2 rings (SSSR count). The third-order valence-electron chi connectivity index (χ3n) is 3.60. The van der Waals surface area contributed by atoms with E-state index in [0.717, 1.165) is 11.1 Å². The minimum atomic E-state index is -0.558. The second-order valence-corrected chi connectivity index (χ2v) is 6.39. The van der Waals surface area contributed by atoms with Gasteiger partial charge in [-0.3, -0.25) is 0 Å². The van der Waals surface area contributed by atoms with Gasteiger partial charge in [-0.05, 0) is 23.5 Å². The Kier molecular flexibility index (Phi) is 4.58. The Bertz CT molecular complexity index is 582. The highest BCUT2D eigenvalue weighted by atomic mass is 16.3. The van der Waals surface area contributed by atoms with Crippen molar-refractivity contribution >= 4 is 5.57 Å². The molecule has 0 radical (unpaired) electrons. The van der Waals surface area contributed by atoms with Crippen LogP contribution in [-0.4, -0.2) is 26.0 Å². The van der Waals surface area contributed by atoms with Gasteiger partial charge in [0.2, 0.25) is 0 Å². The Balaban J connectivity index is 2.37. The zero-order chi connectivity index (χ0) is 15.5. The highest BCUT2D eigenvalue weighted by Crippen LogP contribution is 2.30. The maximum absolute atomic E-state index is 10.7. The van der Waals surface area contributed by atoms with Crippen molar-refractivity contribution in [3.63, 3.8) is 0 Å². The van der Waals surface area contributed by atoms with E-state index in [1.807, 2.05) is 39.0 Å². The summed E-state index contributed by atoms with van der Waals surface area (Å²) in [5.41, 5.74) is 2.01. The van der Waals surface area contributed by atoms with Crippen LogP contribution in [-0.2, 0) is 0 Å². The summed E-state index contributed by atoms with van der Waals surface area (Å²) < 4.78 is 1.71. The number of aromatic nitrogens is 3. The Hall–Kier alpha value is -1.94. The van der Waals surface area contributed by atoms with Crippen LogP contribution in [0.25, 0.3) is 5.57 Å². The molecule has 1 N–H and O–H groups in total. The Morgan fingerprint density at radius 1 is 1.24 bits per heavy atom. The molecule has 0 aliphatic carbocycles. The lowest BCUT2D eigenvalue weighted by molar-refractivity contribution is 0.0286. The first kappa shape index (κ1) is 15.4. The van der Waals surface area contributed by atoms with Crippen molar-refractivity contribution in [2.75, 3.05) is 0 Å². The molecular formula is C17H23N3O. The molecule has 0 saturated carbocycles. The van der Waals surface area contributed by atoms with Crippen LogP contribution in [0.5, 0.6) is 0 Å². The number of allylic oxidation sites excluding steroid dienone is 1. The fourth-order valence-corrected chi connectivity index (χ4v) is 2.25. The summed E-state index contributed by atoms with van der Waals surface area (Å²) in [6.07, 6.45) is 4.64. The molecule has 0 bridgehead atoms. The molecule has 1 aromatic carbocycles. The van der Waals surface area contributed by atoms with E-state index in [9.17, 15) is 5.11 Å². The molecule has 0 aliphatic rings. The molecule has 4 nitrogen and oxygen atoms in total. The first-order valence-electron chi connectivity index (χ1n) is 7.15. The zero-order valence-electron chi connectivity index (χ0n) is 13.1. The van der Waals surface area contributed by atoms with Crippen LogP contribution in [0.1, 0.15) is 39.3 Å². The van der Waals surface area contributed by atoms with Gasteiger partial charge >= 0.3 is 0 Å². The van der Waals surface area contributed by atoms with E-state index in [0.29, 0.717) is 0 Å². The number of aliphatic hydroxyl groups excluding tert-OH is 1. The fraction of sp³-hybridized carbons (Fsp3) is 0.412. The fourth-order valence-electron chi connectivity index (χ4n) is 2.25. The molecule has 1 heterocycles. The first-order chi connectivity index (χ1) is 9.89. The van der Waals surface area contributed by atoms with E-state index in [4.69, 9.17) is 0 Å². The normalized spacial score (nSPS) is 15.8. The number of benzene rings is 1. The van der Waals surface area contributed by atoms with E-state index in [1.165, 1.54) is 6.33 Å². The van der Waals surface area contributed by atoms with Gasteiger partial charge in [0.25, 0.3) is 0 Å². The Morgan fingerprint density at radius 3 is 2.43 bits per heavy atom. The summed E-state index contributed by atoms with van der Waals surface area (Å²) >= 11 is 0. The molecule has 2 atom stereocenters. The maximum atomic E-state index is 10.7. The van der Waals surface area contributed by atoms with Gasteiger partial charge in [-0.1, -0.05) is 57.2 Å². The molecule has 0 aliphatic heterocycles. The average Bonchev–Trinajstić information content (AvgIpc) is 2.97. The van der Waals surface area contributed by atoms with Gasteiger partial charge in [-0.2, -0.15) is 5.10 Å². The van der Waals surface area contributed by atoms with Crippen LogP contribution in [0.4, 0.5) is 0 Å². The van der Waals surface area contributed by atoms with Crippen LogP contribution >= 0.6 is 0 Å². The second kappa shape index (κ2) is 6.22. The highest BCUT2D eigenvalue weighted by Gasteiger charge is 2.31. The minimum absolute atomic E-state index is 0.243. The van der Waals surface area contributed by atoms with Crippen molar-refractivity contribution in [1.29, 1.82) is 0 Å². The molecular weight excluding hydrogens is 262 g/mol. The standard InChI is InChI=1S/C17H23N3O/c1-13(14-8-6-5-7-9-14)10-15(16(21)17(2,3)4)20-12-18-11-19-20/h5-12,15-16,21H,1-4H3. The van der Waals surface area contributed by atoms with E-state index in [-0.39, 0.29) is 11.5 Å². The average molecular weight is 285 g/mol. The summed E-state index contributed by atoms with van der Waals surface area (Å²) in [5, 5.41) is 14.9. The van der Waals surface area contributed by atoms with Crippen LogP contribution in [0.15, 0.2) is 49.1 Å². The Labute approximate surface area is 126 Å². The molecule has 0 spiro atoms. The summed E-state index contributed by atoms with van der Waals surface area (Å²) in [7, 11) is 0. The van der Waals surface area contributed by atoms with Crippen LogP contribution < -0.4 is 0 Å². The van der Waals surface area contributed by atoms with Gasteiger partial charge in [0.1, 0.15) is 12.7 Å². The second-order valence-electron chi connectivity index (χ2n) is 6.39. The number of rotatable bonds is 4. The van der Waals surface area contributed by atoms with Crippen molar-refractivity contribution in [3.8, 4) is 0 Å². The maximum Gasteiger partial charge on any atom is 0.137 e. The van der Waals surface area contributed by atoms with Crippen LogP contribution in [0, 0.1) is 5.41 Å². The van der Waals surface area contributed by atoms with Crippen molar-refractivity contribution in [2.24, 2.45) is 5.41 Å². The SMILES string of the molecule is CC(=CC(C(O)C(C)(C)C)n1cncn1)c1ccccc1. The minimum Gasteiger partial charge on any atom is -0.390 e. The van der Waals surface area contributed by atoms with Gasteiger partial charge in [0.15, 0.2) is 0 Å². The lowest BCUT2D eigenvalue weighted by Gasteiger charge is -2.31. The van der Waals surface area contributed by atoms with E-state index < -0.39 is 6.10 Å². The van der Waals surface area contributed by atoms with Gasteiger partial charge in [0, 0.05) is 0 Å². The molecule has 0 fully saturated rings. The molecule has 2 unspecified atom stereocenters. The number of hydrogen-bond acceptors (Lipinski definition) is 3. The molecule has 112 valence electrons. The van der Waals surface area contributed by atoms with E-state index >= 15 is 0 Å². The molecule has 0 amide bonds. The van der Waals surface area contributed by atoms with Crippen molar-refractivity contribution in [3.05, 3.63) is 54.6 Å². The zero-order valence-corrected chi connectivity index (χ0v) is 13.1. The van der Waals surface area contributed by atoms with Crippen molar-refractivity contribution < 1.29 is 5.11 Å². The summed E-state index contributed by atoms with van der Waals surface area (Å²) in [6, 6.07) is 9.90. The lowest BCUT2D eigenvalue weighted by atomic mass is 9.84. The molecule has 4 heteroatoms. The number of nitrogens with zero attached hydrogens (tertiary/aromatic N) is 3. The third kappa shape index (κ3) is 3.79. The van der Waals surface area contributed by atoms with Crippen molar-refractivity contribution in [2.45, 2.75) is 39.8 Å². The highest BCUT2D eigenvalue weighted by molar-refractivity contribution is 5.63. The van der Waals surface area contributed by atoms with Gasteiger partial charge in [-0.25, -0.2) is 9.67 Å². The molecule has 1 aromatic heterocycles. The molecule has 0 saturated heterocycles. The predicted octanol–water partition coefficient (Wildman–Crippen LogP) is 3.33. The number of hydrogen-bond donors (Lipinski definition) is 1. The summed E-state index contributed by atoms with van der Waals surface area (Å²) in [4.78, 5) is 4.00. The molecule has 21 heavy (non-hydrogen) atoms. The first-order valence-corrected chi connectivity index (χ1v) is 7.15. The topological polar surface area (TPSA) is 50.9 Å². The van der Waals surface area contributed by atoms with Crippen LogP contribution in [0.2, 0.25) is 0 Å². The summed E-state index contributed by atoms with van der Waals surface area (Å²) in [5.74, 6) is 0.